The Morgan fingerprint density at radius 2 is 2.14 bits per heavy atom. The number of benzene rings is 1. The number of hydrogen-bond donors (Lipinski definition) is 3. The quantitative estimate of drug-likeness (QED) is 0.535. The molecule has 0 bridgehead atoms. The largest absolute Gasteiger partial charge is 0.356 e. The van der Waals surface area contributed by atoms with E-state index in [0.29, 0.717) is 13.0 Å². The van der Waals surface area contributed by atoms with Gasteiger partial charge in [-0.05, 0) is 49.4 Å². The van der Waals surface area contributed by atoms with Crippen LogP contribution in [-0.4, -0.2) is 32.0 Å². The molecule has 1 fully saturated rings. The van der Waals surface area contributed by atoms with Crippen LogP contribution in [0.15, 0.2) is 27.7 Å². The summed E-state index contributed by atoms with van der Waals surface area (Å²) in [5.41, 5.74) is 1.89. The SMILES string of the molecule is CN=C(NCCC(=O)Nc1ccc(Br)cc1C)NCC1CC1. The molecule has 0 saturated heterocycles. The molecule has 2 rings (SSSR count). The lowest BCUT2D eigenvalue weighted by Gasteiger charge is -2.12. The van der Waals surface area contributed by atoms with Crippen molar-refractivity contribution >= 4 is 33.5 Å². The predicted octanol–water partition coefficient (Wildman–Crippen LogP) is 2.66. The summed E-state index contributed by atoms with van der Waals surface area (Å²) in [6.45, 7) is 3.50. The van der Waals surface area contributed by atoms with Gasteiger partial charge in [-0.25, -0.2) is 0 Å². The van der Waals surface area contributed by atoms with E-state index >= 15 is 0 Å². The van der Waals surface area contributed by atoms with E-state index in [2.05, 4.69) is 36.9 Å². The smallest absolute Gasteiger partial charge is 0.226 e. The van der Waals surface area contributed by atoms with E-state index in [4.69, 9.17) is 0 Å². The van der Waals surface area contributed by atoms with Crippen molar-refractivity contribution in [3.05, 3.63) is 28.2 Å². The molecule has 1 aliphatic rings. The number of carbonyl (C=O) groups excluding carboxylic acids is 1. The van der Waals surface area contributed by atoms with E-state index in [9.17, 15) is 4.79 Å². The summed E-state index contributed by atoms with van der Waals surface area (Å²) in [6, 6.07) is 5.81. The average Bonchev–Trinajstić information content (AvgIpc) is 3.30. The predicted molar refractivity (Wildman–Crippen MR) is 94.2 cm³/mol. The summed E-state index contributed by atoms with van der Waals surface area (Å²) < 4.78 is 1.01. The number of halogens is 1. The molecule has 0 aliphatic heterocycles. The van der Waals surface area contributed by atoms with Crippen LogP contribution >= 0.6 is 15.9 Å². The van der Waals surface area contributed by atoms with Crippen LogP contribution in [-0.2, 0) is 4.79 Å². The van der Waals surface area contributed by atoms with Gasteiger partial charge in [0.2, 0.25) is 5.91 Å². The molecule has 1 aromatic rings. The number of rotatable bonds is 6. The number of nitrogens with zero attached hydrogens (tertiary/aromatic N) is 1. The molecule has 1 aliphatic carbocycles. The maximum atomic E-state index is 12.0. The standard InChI is InChI=1S/C16H23BrN4O/c1-11-9-13(17)5-6-14(11)21-15(22)7-8-19-16(18-2)20-10-12-3-4-12/h5-6,9,12H,3-4,7-8,10H2,1-2H3,(H,21,22)(H2,18,19,20). The Morgan fingerprint density at radius 1 is 1.36 bits per heavy atom. The third-order valence-corrected chi connectivity index (χ3v) is 4.08. The minimum Gasteiger partial charge on any atom is -0.356 e. The zero-order valence-corrected chi connectivity index (χ0v) is 14.7. The molecule has 0 atom stereocenters. The maximum absolute atomic E-state index is 12.0. The molecule has 1 amide bonds. The summed E-state index contributed by atoms with van der Waals surface area (Å²) in [6.07, 6.45) is 3.01. The van der Waals surface area contributed by atoms with Crippen molar-refractivity contribution in [2.75, 3.05) is 25.5 Å². The summed E-state index contributed by atoms with van der Waals surface area (Å²) in [4.78, 5) is 16.1. The zero-order chi connectivity index (χ0) is 15.9. The molecule has 5 nitrogen and oxygen atoms in total. The second-order valence-corrected chi connectivity index (χ2v) is 6.50. The fourth-order valence-corrected chi connectivity index (χ4v) is 2.53. The van der Waals surface area contributed by atoms with E-state index in [1.54, 1.807) is 7.05 Å². The fraction of sp³-hybridized carbons (Fsp3) is 0.500. The first-order valence-electron chi connectivity index (χ1n) is 7.59. The molecule has 0 radical (unpaired) electrons. The molecule has 0 spiro atoms. The Balaban J connectivity index is 1.70. The minimum atomic E-state index is -0.00410. The van der Waals surface area contributed by atoms with Gasteiger partial charge in [0.15, 0.2) is 5.96 Å². The molecule has 0 aromatic heterocycles. The van der Waals surface area contributed by atoms with Gasteiger partial charge in [0.25, 0.3) is 0 Å². The Labute approximate surface area is 140 Å². The molecular formula is C16H23BrN4O. The van der Waals surface area contributed by atoms with Gasteiger partial charge in [-0.1, -0.05) is 15.9 Å². The number of carbonyl (C=O) groups is 1. The first-order valence-corrected chi connectivity index (χ1v) is 8.38. The summed E-state index contributed by atoms with van der Waals surface area (Å²) in [7, 11) is 1.74. The van der Waals surface area contributed by atoms with E-state index in [-0.39, 0.29) is 5.91 Å². The van der Waals surface area contributed by atoms with Crippen LogP contribution in [0.4, 0.5) is 5.69 Å². The molecule has 1 aromatic carbocycles. The Bertz CT molecular complexity index is 555. The van der Waals surface area contributed by atoms with E-state index in [0.717, 1.165) is 34.1 Å². The lowest BCUT2D eigenvalue weighted by Crippen LogP contribution is -2.39. The summed E-state index contributed by atoms with van der Waals surface area (Å²) in [5, 5.41) is 9.36. The highest BCUT2D eigenvalue weighted by atomic mass is 79.9. The fourth-order valence-electron chi connectivity index (χ4n) is 2.06. The van der Waals surface area contributed by atoms with Crippen LogP contribution in [0.25, 0.3) is 0 Å². The number of amides is 1. The van der Waals surface area contributed by atoms with Crippen molar-refractivity contribution in [2.24, 2.45) is 10.9 Å². The molecule has 0 unspecified atom stereocenters. The second-order valence-electron chi connectivity index (χ2n) is 5.58. The third-order valence-electron chi connectivity index (χ3n) is 3.59. The van der Waals surface area contributed by atoms with Gasteiger partial charge in [0.1, 0.15) is 0 Å². The summed E-state index contributed by atoms with van der Waals surface area (Å²) >= 11 is 3.41. The zero-order valence-electron chi connectivity index (χ0n) is 13.1. The van der Waals surface area contributed by atoms with Crippen molar-refractivity contribution in [2.45, 2.75) is 26.2 Å². The number of hydrogen-bond acceptors (Lipinski definition) is 2. The monoisotopic (exact) mass is 366 g/mol. The van der Waals surface area contributed by atoms with Crippen molar-refractivity contribution in [1.29, 1.82) is 0 Å². The Hall–Kier alpha value is -1.56. The lowest BCUT2D eigenvalue weighted by molar-refractivity contribution is -0.116. The van der Waals surface area contributed by atoms with Crippen molar-refractivity contribution in [3.63, 3.8) is 0 Å². The van der Waals surface area contributed by atoms with Crippen molar-refractivity contribution in [1.82, 2.24) is 10.6 Å². The van der Waals surface area contributed by atoms with Crippen molar-refractivity contribution < 1.29 is 4.79 Å². The Kier molecular flexibility index (Phi) is 6.24. The number of guanidine groups is 1. The third kappa shape index (κ3) is 5.67. The van der Waals surface area contributed by atoms with E-state index in [1.165, 1.54) is 12.8 Å². The molecule has 120 valence electrons. The van der Waals surface area contributed by atoms with E-state index < -0.39 is 0 Å². The number of anilines is 1. The van der Waals surface area contributed by atoms with Gasteiger partial charge in [-0.3, -0.25) is 9.79 Å². The molecule has 3 N–H and O–H groups in total. The maximum Gasteiger partial charge on any atom is 0.226 e. The van der Waals surface area contributed by atoms with Crippen LogP contribution in [0.3, 0.4) is 0 Å². The van der Waals surface area contributed by atoms with Crippen LogP contribution in [0.2, 0.25) is 0 Å². The molecule has 6 heteroatoms. The number of nitrogens with one attached hydrogen (secondary N) is 3. The van der Waals surface area contributed by atoms with Crippen LogP contribution in [0, 0.1) is 12.8 Å². The first kappa shape index (κ1) is 16.8. The first-order chi connectivity index (χ1) is 10.6. The van der Waals surface area contributed by atoms with E-state index in [1.807, 2.05) is 25.1 Å². The highest BCUT2D eigenvalue weighted by Crippen LogP contribution is 2.27. The molecular weight excluding hydrogens is 344 g/mol. The second kappa shape index (κ2) is 8.17. The normalized spacial score (nSPS) is 14.6. The van der Waals surface area contributed by atoms with Crippen LogP contribution in [0.1, 0.15) is 24.8 Å². The minimum absolute atomic E-state index is 0.00410. The van der Waals surface area contributed by atoms with Crippen LogP contribution < -0.4 is 16.0 Å². The van der Waals surface area contributed by atoms with Gasteiger partial charge in [0.05, 0.1) is 0 Å². The molecule has 22 heavy (non-hydrogen) atoms. The number of aryl methyl sites for hydroxylation is 1. The van der Waals surface area contributed by atoms with Gasteiger partial charge >= 0.3 is 0 Å². The Morgan fingerprint density at radius 3 is 2.77 bits per heavy atom. The van der Waals surface area contributed by atoms with Crippen molar-refractivity contribution in [3.8, 4) is 0 Å². The topological polar surface area (TPSA) is 65.5 Å². The van der Waals surface area contributed by atoms with Gasteiger partial charge < -0.3 is 16.0 Å². The van der Waals surface area contributed by atoms with Crippen LogP contribution in [0.5, 0.6) is 0 Å². The highest BCUT2D eigenvalue weighted by molar-refractivity contribution is 9.10. The lowest BCUT2D eigenvalue weighted by atomic mass is 10.2. The molecule has 1 saturated carbocycles. The van der Waals surface area contributed by atoms with Gasteiger partial charge in [-0.2, -0.15) is 0 Å². The highest BCUT2D eigenvalue weighted by Gasteiger charge is 2.21. The van der Waals surface area contributed by atoms with Gasteiger partial charge in [0, 0.05) is 36.7 Å². The average molecular weight is 367 g/mol. The number of aliphatic imine (C=N–C) groups is 1. The summed E-state index contributed by atoms with van der Waals surface area (Å²) in [5.74, 6) is 1.55. The van der Waals surface area contributed by atoms with Gasteiger partial charge in [-0.15, -0.1) is 0 Å². The molecule has 0 heterocycles.